The van der Waals surface area contributed by atoms with Crippen LogP contribution in [0.5, 0.6) is 0 Å². The van der Waals surface area contributed by atoms with Crippen LogP contribution in [-0.2, 0) is 12.8 Å². The van der Waals surface area contributed by atoms with Crippen LogP contribution in [0, 0.1) is 0 Å². The Morgan fingerprint density at radius 1 is 0.464 bits per heavy atom. The molecule has 0 nitrogen and oxygen atoms in total. The lowest BCUT2D eigenvalue weighted by molar-refractivity contribution is 0.607. The van der Waals surface area contributed by atoms with Crippen molar-refractivity contribution in [2.75, 3.05) is 0 Å². The quantitative estimate of drug-likeness (QED) is 0.295. The first-order chi connectivity index (χ1) is 13.8. The summed E-state index contributed by atoms with van der Waals surface area (Å²) in [5.41, 5.74) is 5.57. The first-order valence-electron chi connectivity index (χ1n) is 11.4. The summed E-state index contributed by atoms with van der Waals surface area (Å²) in [6, 6.07) is 23.1. The molecule has 0 fully saturated rings. The number of hydrogen-bond donors (Lipinski definition) is 0. The molecule has 0 unspecified atom stereocenters. The molecule has 3 rings (SSSR count). The Balaban J connectivity index is 1.60. The molecule has 0 aliphatic carbocycles. The average molecular weight is 373 g/mol. The van der Waals surface area contributed by atoms with Gasteiger partial charge in [-0.2, -0.15) is 0 Å². The van der Waals surface area contributed by atoms with Gasteiger partial charge in [-0.25, -0.2) is 0 Å². The highest BCUT2D eigenvalue weighted by Gasteiger charge is 2.02. The van der Waals surface area contributed by atoms with E-state index in [1.807, 2.05) is 0 Å². The second-order valence-corrected chi connectivity index (χ2v) is 8.21. The van der Waals surface area contributed by atoms with Gasteiger partial charge in [0.25, 0.3) is 0 Å². The van der Waals surface area contributed by atoms with E-state index in [9.17, 15) is 0 Å². The van der Waals surface area contributed by atoms with Crippen LogP contribution in [0.3, 0.4) is 0 Å². The molecule has 0 N–H and O–H groups in total. The number of fused-ring (bicyclic) bond motifs is 1. The van der Waals surface area contributed by atoms with Gasteiger partial charge in [-0.1, -0.05) is 107 Å². The van der Waals surface area contributed by atoms with Crippen LogP contribution in [0.25, 0.3) is 21.9 Å². The highest BCUT2D eigenvalue weighted by atomic mass is 14.1. The third-order valence-corrected chi connectivity index (χ3v) is 5.83. The largest absolute Gasteiger partial charge is 0.0654 e. The molecule has 0 radical (unpaired) electrons. The van der Waals surface area contributed by atoms with Gasteiger partial charge in [0, 0.05) is 0 Å². The third-order valence-electron chi connectivity index (χ3n) is 5.83. The Hall–Kier alpha value is -2.08. The van der Waals surface area contributed by atoms with Gasteiger partial charge < -0.3 is 0 Å². The van der Waals surface area contributed by atoms with E-state index in [2.05, 4.69) is 74.5 Å². The Kier molecular flexibility index (Phi) is 8.15. The SMILES string of the molecule is CCCCCCCCc1ccc(-c2ccc3cc(CCCC)ccc3c2)cc1. The van der Waals surface area contributed by atoms with Crippen LogP contribution in [0.1, 0.15) is 76.3 Å². The first kappa shape index (κ1) is 20.6. The van der Waals surface area contributed by atoms with Crippen molar-refractivity contribution in [3.8, 4) is 11.1 Å². The zero-order valence-electron chi connectivity index (χ0n) is 17.8. The lowest BCUT2D eigenvalue weighted by atomic mass is 9.97. The smallest absolute Gasteiger partial charge is 0.0178 e. The van der Waals surface area contributed by atoms with Crippen molar-refractivity contribution in [2.24, 2.45) is 0 Å². The summed E-state index contributed by atoms with van der Waals surface area (Å²) in [6.07, 6.45) is 13.1. The van der Waals surface area contributed by atoms with E-state index in [4.69, 9.17) is 0 Å². The van der Waals surface area contributed by atoms with Crippen LogP contribution in [0.15, 0.2) is 60.7 Å². The molecule has 0 saturated carbocycles. The molecule has 0 atom stereocenters. The van der Waals surface area contributed by atoms with Crippen LogP contribution in [-0.4, -0.2) is 0 Å². The molecular formula is C28H36. The maximum atomic E-state index is 2.36. The zero-order chi connectivity index (χ0) is 19.6. The minimum absolute atomic E-state index is 1.19. The molecule has 0 amide bonds. The summed E-state index contributed by atoms with van der Waals surface area (Å²) in [5.74, 6) is 0. The molecule has 0 saturated heterocycles. The number of hydrogen-bond acceptors (Lipinski definition) is 0. The lowest BCUT2D eigenvalue weighted by Crippen LogP contribution is -1.88. The van der Waals surface area contributed by atoms with Gasteiger partial charge in [0.05, 0.1) is 0 Å². The standard InChI is InChI=1S/C28H36/c1-3-5-7-8-9-10-12-23-13-16-25(17-14-23)27-20-19-26-21-24(11-6-4-2)15-18-28(26)22-27/h13-22H,3-12H2,1-2H3. The Morgan fingerprint density at radius 2 is 1.04 bits per heavy atom. The van der Waals surface area contributed by atoms with Crippen molar-refractivity contribution in [1.82, 2.24) is 0 Å². The predicted molar refractivity (Wildman–Crippen MR) is 125 cm³/mol. The molecule has 0 heterocycles. The van der Waals surface area contributed by atoms with Crippen LogP contribution in [0.4, 0.5) is 0 Å². The maximum absolute atomic E-state index is 2.36. The third kappa shape index (κ3) is 5.96. The fraction of sp³-hybridized carbons (Fsp3) is 0.429. The second kappa shape index (κ2) is 11.1. The van der Waals surface area contributed by atoms with E-state index in [1.54, 1.807) is 0 Å². The van der Waals surface area contributed by atoms with Crippen molar-refractivity contribution >= 4 is 10.8 Å². The molecule has 3 aromatic rings. The van der Waals surface area contributed by atoms with Crippen LogP contribution >= 0.6 is 0 Å². The highest BCUT2D eigenvalue weighted by Crippen LogP contribution is 2.26. The number of unbranched alkanes of at least 4 members (excludes halogenated alkanes) is 6. The topological polar surface area (TPSA) is 0 Å². The molecule has 0 heteroatoms. The van der Waals surface area contributed by atoms with Crippen LogP contribution < -0.4 is 0 Å². The Morgan fingerprint density at radius 3 is 1.82 bits per heavy atom. The highest BCUT2D eigenvalue weighted by molar-refractivity contribution is 5.87. The normalized spacial score (nSPS) is 11.2. The van der Waals surface area contributed by atoms with E-state index in [-0.39, 0.29) is 0 Å². The maximum Gasteiger partial charge on any atom is -0.0178 e. The van der Waals surface area contributed by atoms with Gasteiger partial charge in [-0.15, -0.1) is 0 Å². The molecule has 28 heavy (non-hydrogen) atoms. The van der Waals surface area contributed by atoms with Gasteiger partial charge in [0.2, 0.25) is 0 Å². The molecule has 3 aromatic carbocycles. The molecule has 0 aliphatic heterocycles. The molecule has 148 valence electrons. The molecule has 0 aromatic heterocycles. The molecule has 0 bridgehead atoms. The first-order valence-corrected chi connectivity index (χ1v) is 11.4. The van der Waals surface area contributed by atoms with Crippen molar-refractivity contribution < 1.29 is 0 Å². The summed E-state index contributed by atoms with van der Waals surface area (Å²) in [5, 5.41) is 2.70. The molecule has 0 aliphatic rings. The molecular weight excluding hydrogens is 336 g/mol. The van der Waals surface area contributed by atoms with Crippen molar-refractivity contribution in [2.45, 2.75) is 78.1 Å². The number of aryl methyl sites for hydroxylation is 2. The summed E-state index contributed by atoms with van der Waals surface area (Å²) >= 11 is 0. The van der Waals surface area contributed by atoms with Crippen molar-refractivity contribution in [3.05, 3.63) is 71.8 Å². The molecule has 0 spiro atoms. The van der Waals surface area contributed by atoms with E-state index in [1.165, 1.54) is 97.2 Å². The van der Waals surface area contributed by atoms with E-state index in [0.717, 1.165) is 0 Å². The predicted octanol–water partition coefficient (Wildman–Crippen LogP) is 8.75. The minimum atomic E-state index is 1.19. The number of benzene rings is 3. The van der Waals surface area contributed by atoms with E-state index < -0.39 is 0 Å². The van der Waals surface area contributed by atoms with Gasteiger partial charge >= 0.3 is 0 Å². The zero-order valence-corrected chi connectivity index (χ0v) is 17.8. The lowest BCUT2D eigenvalue weighted by Gasteiger charge is -2.08. The monoisotopic (exact) mass is 372 g/mol. The van der Waals surface area contributed by atoms with Crippen molar-refractivity contribution in [3.63, 3.8) is 0 Å². The van der Waals surface area contributed by atoms with E-state index >= 15 is 0 Å². The van der Waals surface area contributed by atoms with Gasteiger partial charge in [0.1, 0.15) is 0 Å². The van der Waals surface area contributed by atoms with Crippen molar-refractivity contribution in [1.29, 1.82) is 0 Å². The second-order valence-electron chi connectivity index (χ2n) is 8.21. The Labute approximate surface area is 172 Å². The summed E-state index contributed by atoms with van der Waals surface area (Å²) < 4.78 is 0. The number of rotatable bonds is 11. The fourth-order valence-electron chi connectivity index (χ4n) is 3.98. The van der Waals surface area contributed by atoms with Gasteiger partial charge in [0.15, 0.2) is 0 Å². The van der Waals surface area contributed by atoms with Gasteiger partial charge in [-0.3, -0.25) is 0 Å². The Bertz CT molecular complexity index is 842. The summed E-state index contributed by atoms with van der Waals surface area (Å²) in [6.45, 7) is 4.54. The minimum Gasteiger partial charge on any atom is -0.0654 e. The van der Waals surface area contributed by atoms with Crippen LogP contribution in [0.2, 0.25) is 0 Å². The summed E-state index contributed by atoms with van der Waals surface area (Å²) in [7, 11) is 0. The van der Waals surface area contributed by atoms with Gasteiger partial charge in [-0.05, 0) is 64.8 Å². The summed E-state index contributed by atoms with van der Waals surface area (Å²) in [4.78, 5) is 0. The average Bonchev–Trinajstić information content (AvgIpc) is 2.74. The van der Waals surface area contributed by atoms with E-state index in [0.29, 0.717) is 0 Å². The fourth-order valence-corrected chi connectivity index (χ4v) is 3.98.